The maximum atomic E-state index is 5.95. The first kappa shape index (κ1) is 12.7. The molecule has 1 heterocycles. The highest BCUT2D eigenvalue weighted by molar-refractivity contribution is 5.46. The van der Waals surface area contributed by atoms with Gasteiger partial charge in [0.1, 0.15) is 5.76 Å². The summed E-state index contributed by atoms with van der Waals surface area (Å²) in [4.78, 5) is 2.35. The Bertz CT molecular complexity index is 465. The Morgan fingerprint density at radius 1 is 1.17 bits per heavy atom. The molecule has 2 N–H and O–H groups in total. The number of likely N-dealkylation sites (N-methyl/N-ethyl adjacent to an activating group) is 1. The van der Waals surface area contributed by atoms with Crippen LogP contribution in [0.3, 0.4) is 0 Å². The summed E-state index contributed by atoms with van der Waals surface area (Å²) in [5.41, 5.74) is 8.05. The number of rotatable bonds is 6. The Balaban J connectivity index is 1.89. The summed E-state index contributed by atoms with van der Waals surface area (Å²) in [6, 6.07) is 12.0. The molecule has 0 radical (unpaired) electrons. The molecule has 2 rings (SSSR count). The van der Waals surface area contributed by atoms with E-state index < -0.39 is 0 Å². The van der Waals surface area contributed by atoms with Crippen molar-refractivity contribution in [2.75, 3.05) is 18.8 Å². The second kappa shape index (κ2) is 6.26. The Kier molecular flexibility index (Phi) is 4.42. The van der Waals surface area contributed by atoms with Crippen molar-refractivity contribution in [1.82, 2.24) is 4.90 Å². The van der Waals surface area contributed by atoms with Gasteiger partial charge in [0.25, 0.3) is 0 Å². The van der Waals surface area contributed by atoms with Gasteiger partial charge in [-0.05, 0) is 36.7 Å². The van der Waals surface area contributed by atoms with Gasteiger partial charge in [-0.25, -0.2) is 0 Å². The summed E-state index contributed by atoms with van der Waals surface area (Å²) in [5, 5.41) is 0. The first-order valence-corrected chi connectivity index (χ1v) is 6.37. The molecule has 0 aliphatic rings. The molecule has 0 atom stereocenters. The normalized spacial score (nSPS) is 11.0. The first-order chi connectivity index (χ1) is 8.79. The standard InChI is InChI=1S/C15H20N2O/c1-2-17(12-14-7-5-11-18-14)10-9-13-6-3-4-8-15(13)16/h3-8,11H,2,9-10,12,16H2,1H3. The predicted molar refractivity (Wildman–Crippen MR) is 74.2 cm³/mol. The van der Waals surface area contributed by atoms with E-state index in [-0.39, 0.29) is 0 Å². The zero-order valence-corrected chi connectivity index (χ0v) is 10.8. The molecular formula is C15H20N2O. The monoisotopic (exact) mass is 244 g/mol. The molecule has 0 aliphatic carbocycles. The van der Waals surface area contributed by atoms with Crippen molar-refractivity contribution in [3.8, 4) is 0 Å². The van der Waals surface area contributed by atoms with Gasteiger partial charge in [-0.1, -0.05) is 25.1 Å². The SMILES string of the molecule is CCN(CCc1ccccc1N)Cc1ccco1. The molecule has 0 unspecified atom stereocenters. The molecule has 2 aromatic rings. The molecule has 0 saturated carbocycles. The summed E-state index contributed by atoms with van der Waals surface area (Å²) in [6.45, 7) is 5.02. The maximum absolute atomic E-state index is 5.95. The van der Waals surface area contributed by atoms with Gasteiger partial charge in [-0.15, -0.1) is 0 Å². The van der Waals surface area contributed by atoms with Crippen molar-refractivity contribution in [3.63, 3.8) is 0 Å². The molecule has 18 heavy (non-hydrogen) atoms. The molecule has 0 saturated heterocycles. The van der Waals surface area contributed by atoms with Gasteiger partial charge in [0.05, 0.1) is 12.8 Å². The van der Waals surface area contributed by atoms with Gasteiger partial charge < -0.3 is 10.2 Å². The molecule has 0 spiro atoms. The number of para-hydroxylation sites is 1. The third-order valence-corrected chi connectivity index (χ3v) is 3.16. The van der Waals surface area contributed by atoms with Crippen molar-refractivity contribution in [1.29, 1.82) is 0 Å². The Morgan fingerprint density at radius 2 is 2.00 bits per heavy atom. The van der Waals surface area contributed by atoms with Crippen LogP contribution in [-0.4, -0.2) is 18.0 Å². The third-order valence-electron chi connectivity index (χ3n) is 3.16. The van der Waals surface area contributed by atoms with Crippen LogP contribution >= 0.6 is 0 Å². The molecular weight excluding hydrogens is 224 g/mol. The molecule has 1 aromatic heterocycles. The number of benzene rings is 1. The van der Waals surface area contributed by atoms with E-state index in [9.17, 15) is 0 Å². The van der Waals surface area contributed by atoms with E-state index in [4.69, 9.17) is 10.2 Å². The lowest BCUT2D eigenvalue weighted by Gasteiger charge is -2.19. The number of hydrogen-bond acceptors (Lipinski definition) is 3. The summed E-state index contributed by atoms with van der Waals surface area (Å²) in [6.07, 6.45) is 2.69. The summed E-state index contributed by atoms with van der Waals surface area (Å²) >= 11 is 0. The third kappa shape index (κ3) is 3.37. The molecule has 0 amide bonds. The molecule has 0 aliphatic heterocycles. The van der Waals surface area contributed by atoms with E-state index >= 15 is 0 Å². The number of nitrogens with two attached hydrogens (primary N) is 1. The lowest BCUT2D eigenvalue weighted by atomic mass is 10.1. The first-order valence-electron chi connectivity index (χ1n) is 6.37. The fourth-order valence-electron chi connectivity index (χ4n) is 2.01. The smallest absolute Gasteiger partial charge is 0.117 e. The van der Waals surface area contributed by atoms with Gasteiger partial charge in [0.15, 0.2) is 0 Å². The van der Waals surface area contributed by atoms with Gasteiger partial charge >= 0.3 is 0 Å². The molecule has 0 fully saturated rings. The maximum Gasteiger partial charge on any atom is 0.117 e. The lowest BCUT2D eigenvalue weighted by molar-refractivity contribution is 0.259. The highest BCUT2D eigenvalue weighted by Crippen LogP contribution is 2.12. The highest BCUT2D eigenvalue weighted by atomic mass is 16.3. The van der Waals surface area contributed by atoms with Gasteiger partial charge in [0, 0.05) is 12.2 Å². The lowest BCUT2D eigenvalue weighted by Crippen LogP contribution is -2.25. The fraction of sp³-hybridized carbons (Fsp3) is 0.333. The van der Waals surface area contributed by atoms with Gasteiger partial charge in [-0.3, -0.25) is 4.90 Å². The Labute approximate surface area is 108 Å². The van der Waals surface area contributed by atoms with Crippen LogP contribution in [0.1, 0.15) is 18.2 Å². The minimum atomic E-state index is 0.857. The van der Waals surface area contributed by atoms with Gasteiger partial charge in [-0.2, -0.15) is 0 Å². The van der Waals surface area contributed by atoms with Crippen LogP contribution in [0, 0.1) is 0 Å². The van der Waals surface area contributed by atoms with Crippen LogP contribution in [0.2, 0.25) is 0 Å². The van der Waals surface area contributed by atoms with Crippen molar-refractivity contribution in [3.05, 3.63) is 54.0 Å². The Hall–Kier alpha value is -1.74. The fourth-order valence-corrected chi connectivity index (χ4v) is 2.01. The average Bonchev–Trinajstić information content (AvgIpc) is 2.89. The summed E-state index contributed by atoms with van der Waals surface area (Å²) in [5.74, 6) is 1.01. The minimum absolute atomic E-state index is 0.857. The average molecular weight is 244 g/mol. The van der Waals surface area contributed by atoms with Crippen molar-refractivity contribution in [2.45, 2.75) is 19.9 Å². The van der Waals surface area contributed by atoms with Crippen LogP contribution in [0.25, 0.3) is 0 Å². The molecule has 0 bridgehead atoms. The van der Waals surface area contributed by atoms with Crippen LogP contribution in [0.15, 0.2) is 47.1 Å². The number of anilines is 1. The number of furan rings is 1. The molecule has 1 aromatic carbocycles. The second-order valence-electron chi connectivity index (χ2n) is 4.40. The number of hydrogen-bond donors (Lipinski definition) is 1. The molecule has 3 nitrogen and oxygen atoms in total. The van der Waals surface area contributed by atoms with Crippen molar-refractivity contribution >= 4 is 5.69 Å². The van der Waals surface area contributed by atoms with Crippen molar-refractivity contribution < 1.29 is 4.42 Å². The van der Waals surface area contributed by atoms with E-state index in [1.54, 1.807) is 6.26 Å². The zero-order valence-electron chi connectivity index (χ0n) is 10.8. The highest BCUT2D eigenvalue weighted by Gasteiger charge is 2.06. The number of nitrogen functional groups attached to an aromatic ring is 1. The summed E-state index contributed by atoms with van der Waals surface area (Å²) < 4.78 is 5.38. The van der Waals surface area contributed by atoms with E-state index in [0.717, 1.165) is 37.5 Å². The molecule has 3 heteroatoms. The second-order valence-corrected chi connectivity index (χ2v) is 4.40. The van der Waals surface area contributed by atoms with Crippen LogP contribution in [-0.2, 0) is 13.0 Å². The van der Waals surface area contributed by atoms with Crippen LogP contribution in [0.4, 0.5) is 5.69 Å². The summed E-state index contributed by atoms with van der Waals surface area (Å²) in [7, 11) is 0. The minimum Gasteiger partial charge on any atom is -0.468 e. The van der Waals surface area contributed by atoms with Gasteiger partial charge in [0.2, 0.25) is 0 Å². The molecule has 96 valence electrons. The van der Waals surface area contributed by atoms with Crippen molar-refractivity contribution in [2.24, 2.45) is 0 Å². The topological polar surface area (TPSA) is 42.4 Å². The Morgan fingerprint density at radius 3 is 2.67 bits per heavy atom. The van der Waals surface area contributed by atoms with E-state index in [2.05, 4.69) is 17.9 Å². The quantitative estimate of drug-likeness (QED) is 0.794. The zero-order chi connectivity index (χ0) is 12.8. The van der Waals surface area contributed by atoms with E-state index in [0.29, 0.717) is 0 Å². The van der Waals surface area contributed by atoms with Crippen LogP contribution < -0.4 is 5.73 Å². The van der Waals surface area contributed by atoms with E-state index in [1.165, 1.54) is 5.56 Å². The number of nitrogens with zero attached hydrogens (tertiary/aromatic N) is 1. The van der Waals surface area contributed by atoms with Crippen LogP contribution in [0.5, 0.6) is 0 Å². The largest absolute Gasteiger partial charge is 0.468 e. The van der Waals surface area contributed by atoms with E-state index in [1.807, 2.05) is 30.3 Å². The predicted octanol–water partition coefficient (Wildman–Crippen LogP) is 2.93.